The number of aromatic nitrogens is 5. The van der Waals surface area contributed by atoms with Crippen LogP contribution in [0.5, 0.6) is 5.88 Å². The van der Waals surface area contributed by atoms with Crippen molar-refractivity contribution < 1.29 is 4.74 Å². The van der Waals surface area contributed by atoms with Crippen LogP contribution >= 0.6 is 0 Å². The molecule has 1 N–H and O–H groups in total. The zero-order valence-corrected chi connectivity index (χ0v) is 14.8. The Kier molecular flexibility index (Phi) is 4.77. The summed E-state index contributed by atoms with van der Waals surface area (Å²) in [6.07, 6.45) is 6.72. The van der Waals surface area contributed by atoms with Crippen LogP contribution in [-0.4, -0.2) is 31.3 Å². The van der Waals surface area contributed by atoms with Crippen LogP contribution in [0.25, 0.3) is 5.69 Å². The Labute approximate surface area is 152 Å². The minimum atomic E-state index is 0.279. The lowest BCUT2D eigenvalue weighted by atomic mass is 10.2. The van der Waals surface area contributed by atoms with Crippen molar-refractivity contribution in [2.75, 3.05) is 5.32 Å². The van der Waals surface area contributed by atoms with Gasteiger partial charge in [0.1, 0.15) is 6.10 Å². The summed E-state index contributed by atoms with van der Waals surface area (Å²) in [5, 5.41) is 15.3. The molecule has 4 rings (SSSR count). The molecule has 0 radical (unpaired) electrons. The Morgan fingerprint density at radius 1 is 1.15 bits per heavy atom. The number of hydrogen-bond donors (Lipinski definition) is 1. The van der Waals surface area contributed by atoms with Gasteiger partial charge in [0.15, 0.2) is 0 Å². The number of pyridine rings is 1. The molecule has 0 spiro atoms. The molecule has 7 heteroatoms. The lowest BCUT2D eigenvalue weighted by Gasteiger charge is -2.15. The van der Waals surface area contributed by atoms with Crippen LogP contribution in [-0.2, 0) is 6.54 Å². The van der Waals surface area contributed by atoms with Gasteiger partial charge >= 0.3 is 0 Å². The molecular formula is C19H22N6O. The van der Waals surface area contributed by atoms with Gasteiger partial charge < -0.3 is 10.1 Å². The molecule has 0 aliphatic heterocycles. The first-order valence-corrected chi connectivity index (χ1v) is 8.99. The van der Waals surface area contributed by atoms with Gasteiger partial charge in [-0.2, -0.15) is 4.68 Å². The average Bonchev–Trinajstić information content (AvgIpc) is 3.33. The SMILES string of the molecule is Cc1ccc(-n2nnnc2NCc2cccnc2OC2CCCC2)cc1. The van der Waals surface area contributed by atoms with Crippen molar-refractivity contribution in [1.29, 1.82) is 0 Å². The average molecular weight is 350 g/mol. The molecule has 0 bridgehead atoms. The molecule has 1 saturated carbocycles. The van der Waals surface area contributed by atoms with Gasteiger partial charge in [-0.15, -0.1) is 0 Å². The van der Waals surface area contributed by atoms with E-state index in [1.165, 1.54) is 18.4 Å². The molecule has 1 fully saturated rings. The van der Waals surface area contributed by atoms with Gasteiger partial charge in [-0.1, -0.05) is 28.9 Å². The molecular weight excluding hydrogens is 328 g/mol. The first kappa shape index (κ1) is 16.5. The van der Waals surface area contributed by atoms with Gasteiger partial charge in [-0.3, -0.25) is 0 Å². The van der Waals surface area contributed by atoms with Crippen molar-refractivity contribution in [2.45, 2.75) is 45.3 Å². The van der Waals surface area contributed by atoms with Gasteiger partial charge in [0.2, 0.25) is 11.8 Å². The largest absolute Gasteiger partial charge is 0.474 e. The normalized spacial score (nSPS) is 14.5. The maximum atomic E-state index is 6.09. The second kappa shape index (κ2) is 7.51. The van der Waals surface area contributed by atoms with Gasteiger partial charge in [0, 0.05) is 18.3 Å². The van der Waals surface area contributed by atoms with E-state index in [9.17, 15) is 0 Å². The lowest BCUT2D eigenvalue weighted by molar-refractivity contribution is 0.199. The maximum Gasteiger partial charge on any atom is 0.248 e. The van der Waals surface area contributed by atoms with E-state index < -0.39 is 0 Å². The van der Waals surface area contributed by atoms with Crippen molar-refractivity contribution in [3.63, 3.8) is 0 Å². The van der Waals surface area contributed by atoms with Crippen molar-refractivity contribution in [3.05, 3.63) is 53.7 Å². The van der Waals surface area contributed by atoms with E-state index in [0.29, 0.717) is 18.4 Å². The third kappa shape index (κ3) is 3.66. The molecule has 134 valence electrons. The minimum absolute atomic E-state index is 0.279. The summed E-state index contributed by atoms with van der Waals surface area (Å²) in [4.78, 5) is 4.41. The monoisotopic (exact) mass is 350 g/mol. The Hall–Kier alpha value is -2.96. The van der Waals surface area contributed by atoms with Crippen molar-refractivity contribution >= 4 is 5.95 Å². The van der Waals surface area contributed by atoms with Crippen LogP contribution in [0.4, 0.5) is 5.95 Å². The number of anilines is 1. The number of nitrogens with zero attached hydrogens (tertiary/aromatic N) is 5. The highest BCUT2D eigenvalue weighted by atomic mass is 16.5. The van der Waals surface area contributed by atoms with Gasteiger partial charge in [0.25, 0.3) is 0 Å². The van der Waals surface area contributed by atoms with Crippen LogP contribution in [0.15, 0.2) is 42.6 Å². The van der Waals surface area contributed by atoms with E-state index in [0.717, 1.165) is 24.1 Å². The second-order valence-corrected chi connectivity index (χ2v) is 6.60. The Morgan fingerprint density at radius 3 is 2.77 bits per heavy atom. The Balaban J connectivity index is 1.48. The van der Waals surface area contributed by atoms with E-state index in [4.69, 9.17) is 4.74 Å². The maximum absolute atomic E-state index is 6.09. The molecule has 3 aromatic rings. The van der Waals surface area contributed by atoms with Gasteiger partial charge in [0.05, 0.1) is 5.69 Å². The fraction of sp³-hybridized carbons (Fsp3) is 0.368. The summed E-state index contributed by atoms with van der Waals surface area (Å²) in [5.74, 6) is 1.28. The summed E-state index contributed by atoms with van der Waals surface area (Å²) in [6.45, 7) is 2.60. The summed E-state index contributed by atoms with van der Waals surface area (Å²) in [6, 6.07) is 12.0. The molecule has 0 amide bonds. The predicted octanol–water partition coefficient (Wildman–Crippen LogP) is 3.30. The molecule has 26 heavy (non-hydrogen) atoms. The Bertz CT molecular complexity index is 854. The van der Waals surface area contributed by atoms with E-state index in [1.807, 2.05) is 36.4 Å². The van der Waals surface area contributed by atoms with Gasteiger partial charge in [-0.05, 0) is 61.2 Å². The number of benzene rings is 1. The fourth-order valence-corrected chi connectivity index (χ4v) is 3.16. The lowest BCUT2D eigenvalue weighted by Crippen LogP contribution is -2.15. The second-order valence-electron chi connectivity index (χ2n) is 6.60. The number of tetrazole rings is 1. The number of aryl methyl sites for hydroxylation is 1. The van der Waals surface area contributed by atoms with Crippen molar-refractivity contribution in [1.82, 2.24) is 25.2 Å². The van der Waals surface area contributed by atoms with Crippen molar-refractivity contribution in [2.24, 2.45) is 0 Å². The summed E-state index contributed by atoms with van der Waals surface area (Å²) in [7, 11) is 0. The quantitative estimate of drug-likeness (QED) is 0.735. The fourth-order valence-electron chi connectivity index (χ4n) is 3.16. The number of ether oxygens (including phenoxy) is 1. The molecule has 7 nitrogen and oxygen atoms in total. The Morgan fingerprint density at radius 2 is 1.96 bits per heavy atom. The number of hydrogen-bond acceptors (Lipinski definition) is 6. The zero-order valence-electron chi connectivity index (χ0n) is 14.8. The first-order chi connectivity index (χ1) is 12.8. The van der Waals surface area contributed by atoms with Crippen molar-refractivity contribution in [3.8, 4) is 11.6 Å². The van der Waals surface area contributed by atoms with Crippen LogP contribution in [0.3, 0.4) is 0 Å². The molecule has 2 heterocycles. The molecule has 0 unspecified atom stereocenters. The highest BCUT2D eigenvalue weighted by Crippen LogP contribution is 2.25. The molecule has 0 atom stereocenters. The summed E-state index contributed by atoms with van der Waals surface area (Å²) in [5.41, 5.74) is 3.11. The third-order valence-corrected chi connectivity index (χ3v) is 4.62. The third-order valence-electron chi connectivity index (χ3n) is 4.62. The van der Waals surface area contributed by atoms with Crippen LogP contribution in [0, 0.1) is 6.92 Å². The summed E-state index contributed by atoms with van der Waals surface area (Å²) < 4.78 is 7.78. The summed E-state index contributed by atoms with van der Waals surface area (Å²) >= 11 is 0. The van der Waals surface area contributed by atoms with E-state index >= 15 is 0 Å². The van der Waals surface area contributed by atoms with E-state index in [1.54, 1.807) is 10.9 Å². The predicted molar refractivity (Wildman–Crippen MR) is 98.3 cm³/mol. The molecule has 1 aliphatic rings. The van der Waals surface area contributed by atoms with Gasteiger partial charge in [-0.25, -0.2) is 4.98 Å². The van der Waals surface area contributed by atoms with Crippen LogP contribution < -0.4 is 10.1 Å². The van der Waals surface area contributed by atoms with E-state index in [2.05, 4.69) is 32.7 Å². The first-order valence-electron chi connectivity index (χ1n) is 8.99. The van der Waals surface area contributed by atoms with Crippen LogP contribution in [0.2, 0.25) is 0 Å². The number of rotatable bonds is 6. The number of nitrogens with one attached hydrogen (secondary N) is 1. The topological polar surface area (TPSA) is 77.8 Å². The standard InChI is InChI=1S/C19H22N6O/c1-14-8-10-16(11-9-14)25-19(22-23-24-25)21-13-15-5-4-12-20-18(15)26-17-6-2-3-7-17/h4-5,8-12,17H,2-3,6-7,13H2,1H3,(H,21,22,24). The molecule has 1 aliphatic carbocycles. The molecule has 2 aromatic heterocycles. The zero-order chi connectivity index (χ0) is 17.8. The van der Waals surface area contributed by atoms with Crippen LogP contribution in [0.1, 0.15) is 36.8 Å². The minimum Gasteiger partial charge on any atom is -0.474 e. The smallest absolute Gasteiger partial charge is 0.248 e. The highest BCUT2D eigenvalue weighted by Gasteiger charge is 2.18. The highest BCUT2D eigenvalue weighted by molar-refractivity contribution is 5.41. The molecule has 1 aromatic carbocycles. The molecule has 0 saturated heterocycles. The van der Waals surface area contributed by atoms with E-state index in [-0.39, 0.29) is 6.10 Å².